The lowest BCUT2D eigenvalue weighted by atomic mass is 9.96. The lowest BCUT2D eigenvalue weighted by Gasteiger charge is -2.39. The van der Waals surface area contributed by atoms with Crippen LogP contribution < -0.4 is 0 Å². The van der Waals surface area contributed by atoms with E-state index in [1.807, 2.05) is 54.7 Å². The number of carbonyl (C=O) groups excluding carboxylic acids is 1. The summed E-state index contributed by atoms with van der Waals surface area (Å²) in [6, 6.07) is 21.1. The van der Waals surface area contributed by atoms with Gasteiger partial charge in [-0.15, -0.1) is 35.9 Å². The Morgan fingerprint density at radius 3 is 2.50 bits per heavy atom. The van der Waals surface area contributed by atoms with Gasteiger partial charge in [0.2, 0.25) is 0 Å². The van der Waals surface area contributed by atoms with Gasteiger partial charge in [-0.1, -0.05) is 48.5 Å². The molecule has 2 aromatic carbocycles. The summed E-state index contributed by atoms with van der Waals surface area (Å²) in [5.41, 5.74) is 4.36. The molecule has 3 aromatic rings. The average molecular weight is 515 g/mol. The van der Waals surface area contributed by atoms with Crippen LogP contribution >= 0.6 is 35.9 Å². The summed E-state index contributed by atoms with van der Waals surface area (Å²) in [6.45, 7) is 2.07. The molecule has 1 fully saturated rings. The van der Waals surface area contributed by atoms with E-state index < -0.39 is 0 Å². The van der Waals surface area contributed by atoms with Crippen molar-refractivity contribution in [2.45, 2.75) is 30.0 Å². The van der Waals surface area contributed by atoms with Crippen LogP contribution in [-0.2, 0) is 23.6 Å². The first-order chi connectivity index (χ1) is 16.1. The number of nitrogens with zero attached hydrogens (tertiary/aromatic N) is 2. The molecule has 0 spiro atoms. The lowest BCUT2D eigenvalue weighted by molar-refractivity contribution is 0.0728. The molecule has 0 aliphatic carbocycles. The first-order valence-corrected chi connectivity index (χ1v) is 13.5. The molecule has 7 heteroatoms. The third-order valence-corrected chi connectivity index (χ3v) is 9.66. The summed E-state index contributed by atoms with van der Waals surface area (Å²) in [4.78, 5) is 18.0. The molecule has 5 rings (SSSR count). The summed E-state index contributed by atoms with van der Waals surface area (Å²) in [7, 11) is 4.08. The summed E-state index contributed by atoms with van der Waals surface area (Å²) in [6.07, 6.45) is 1.97. The van der Waals surface area contributed by atoms with Gasteiger partial charge >= 0.3 is 0 Å². The van der Waals surface area contributed by atoms with Crippen molar-refractivity contribution in [2.24, 2.45) is 0 Å². The maximum atomic E-state index is 13.9. The normalized spacial score (nSPS) is 17.2. The van der Waals surface area contributed by atoms with E-state index in [1.165, 1.54) is 12.0 Å². The molecule has 0 bridgehead atoms. The molecule has 0 saturated carbocycles. The van der Waals surface area contributed by atoms with Gasteiger partial charge in [-0.05, 0) is 55.3 Å². The number of carbonyl (C=O) groups is 1. The Kier molecular flexibility index (Phi) is 8.03. The Balaban J connectivity index is 0.00000274. The topological polar surface area (TPSA) is 36.7 Å². The van der Waals surface area contributed by atoms with E-state index in [1.54, 1.807) is 0 Å². The fourth-order valence-corrected chi connectivity index (χ4v) is 8.19. The second-order valence-corrected chi connectivity index (χ2v) is 11.8. The van der Waals surface area contributed by atoms with Gasteiger partial charge in [0, 0.05) is 30.6 Å². The third-order valence-electron chi connectivity index (χ3n) is 6.24. The number of fused-ring (bicyclic) bond motifs is 1. The minimum Gasteiger partial charge on any atom is -0.464 e. The summed E-state index contributed by atoms with van der Waals surface area (Å²) >= 11 is 3.93. The van der Waals surface area contributed by atoms with Crippen LogP contribution in [-0.4, -0.2) is 47.9 Å². The minimum atomic E-state index is -0.249. The number of amides is 1. The monoisotopic (exact) mass is 514 g/mol. The van der Waals surface area contributed by atoms with Crippen LogP contribution in [0.2, 0.25) is 0 Å². The molecule has 3 heterocycles. The Hall–Kier alpha value is -1.86. The molecule has 1 amide bonds. The third kappa shape index (κ3) is 4.92. The number of rotatable bonds is 5. The molecule has 4 nitrogen and oxygen atoms in total. The molecule has 2 aliphatic rings. The number of furan rings is 1. The Labute approximate surface area is 216 Å². The van der Waals surface area contributed by atoms with Crippen LogP contribution in [0.15, 0.2) is 65.1 Å². The highest BCUT2D eigenvalue weighted by Gasteiger charge is 2.40. The van der Waals surface area contributed by atoms with Crippen molar-refractivity contribution in [2.75, 3.05) is 32.1 Å². The molecule has 0 atom stereocenters. The lowest BCUT2D eigenvalue weighted by Crippen LogP contribution is -2.37. The van der Waals surface area contributed by atoms with Crippen molar-refractivity contribution in [1.29, 1.82) is 0 Å². The molecule has 0 N–H and O–H groups in total. The van der Waals surface area contributed by atoms with Crippen LogP contribution in [0.4, 0.5) is 0 Å². The first-order valence-electron chi connectivity index (χ1n) is 11.5. The van der Waals surface area contributed by atoms with Crippen LogP contribution in [0.3, 0.4) is 0 Å². The minimum absolute atomic E-state index is 0. The largest absolute Gasteiger partial charge is 0.464 e. The molecular weight excluding hydrogens is 484 g/mol. The van der Waals surface area contributed by atoms with Crippen LogP contribution in [0.1, 0.15) is 45.0 Å². The van der Waals surface area contributed by atoms with Crippen LogP contribution in [0.25, 0.3) is 0 Å². The van der Waals surface area contributed by atoms with Crippen molar-refractivity contribution in [1.82, 2.24) is 9.80 Å². The van der Waals surface area contributed by atoms with Crippen LogP contribution in [0, 0.1) is 0 Å². The predicted octanol–water partition coefficient (Wildman–Crippen LogP) is 6.03. The Bertz CT molecular complexity index is 1130. The smallest absolute Gasteiger partial charge is 0.254 e. The van der Waals surface area contributed by atoms with Crippen molar-refractivity contribution >= 4 is 41.8 Å². The second kappa shape index (κ2) is 10.8. The quantitative estimate of drug-likeness (QED) is 0.415. The second-order valence-electron chi connectivity index (χ2n) is 8.95. The highest BCUT2D eigenvalue weighted by Crippen LogP contribution is 2.55. The van der Waals surface area contributed by atoms with Gasteiger partial charge in [0.25, 0.3) is 5.91 Å². The maximum Gasteiger partial charge on any atom is 0.254 e. The average Bonchev–Trinajstić information content (AvgIpc) is 3.25. The van der Waals surface area contributed by atoms with E-state index >= 15 is 0 Å². The summed E-state index contributed by atoms with van der Waals surface area (Å²) in [5.74, 6) is 4.32. The number of thioether (sulfide) groups is 2. The van der Waals surface area contributed by atoms with Crippen molar-refractivity contribution < 1.29 is 9.21 Å². The van der Waals surface area contributed by atoms with Crippen molar-refractivity contribution in [3.8, 4) is 0 Å². The molecule has 0 radical (unpaired) electrons. The molecule has 1 saturated heterocycles. The fourth-order valence-electron chi connectivity index (χ4n) is 4.75. The van der Waals surface area contributed by atoms with Crippen molar-refractivity contribution in [3.05, 3.63) is 94.4 Å². The van der Waals surface area contributed by atoms with Gasteiger partial charge in [-0.2, -0.15) is 0 Å². The Morgan fingerprint density at radius 1 is 1.06 bits per heavy atom. The van der Waals surface area contributed by atoms with Gasteiger partial charge in [-0.3, -0.25) is 4.79 Å². The van der Waals surface area contributed by atoms with E-state index in [0.717, 1.165) is 52.7 Å². The van der Waals surface area contributed by atoms with E-state index in [2.05, 4.69) is 53.4 Å². The highest BCUT2D eigenvalue weighted by molar-refractivity contribution is 8.18. The van der Waals surface area contributed by atoms with Crippen molar-refractivity contribution in [3.63, 3.8) is 0 Å². The molecular formula is C27H31ClN2O2S2. The van der Waals surface area contributed by atoms with Crippen LogP contribution in [0.5, 0.6) is 0 Å². The molecule has 180 valence electrons. The van der Waals surface area contributed by atoms with Gasteiger partial charge in [-0.25, -0.2) is 0 Å². The zero-order valence-corrected chi connectivity index (χ0v) is 22.1. The number of hydrogen-bond acceptors (Lipinski definition) is 5. The van der Waals surface area contributed by atoms with Gasteiger partial charge < -0.3 is 14.2 Å². The van der Waals surface area contributed by atoms with E-state index in [0.29, 0.717) is 13.1 Å². The fraction of sp³-hybridized carbons (Fsp3) is 0.370. The predicted molar refractivity (Wildman–Crippen MR) is 145 cm³/mol. The zero-order chi connectivity index (χ0) is 22.8. The summed E-state index contributed by atoms with van der Waals surface area (Å²) in [5, 5.41) is 0. The van der Waals surface area contributed by atoms with Gasteiger partial charge in [0.05, 0.1) is 6.54 Å². The van der Waals surface area contributed by atoms with E-state index in [-0.39, 0.29) is 22.4 Å². The SMILES string of the molecule is CN(C)Cc1cc2c(o1)CCN(C(=O)c1ccccc1C1(c3ccccc3)SCCCS1)C2.Cl. The van der Waals surface area contributed by atoms with Gasteiger partial charge in [0.1, 0.15) is 15.6 Å². The number of benzene rings is 2. The zero-order valence-electron chi connectivity index (χ0n) is 19.7. The number of halogens is 1. The summed E-state index contributed by atoms with van der Waals surface area (Å²) < 4.78 is 5.81. The number of hydrogen-bond donors (Lipinski definition) is 0. The molecule has 2 aliphatic heterocycles. The molecule has 0 unspecified atom stereocenters. The standard InChI is InChI=1S/C27H30N2O2S2.ClH/c1-28(2)19-22-17-20-18-29(14-13-25(20)31-22)26(30)23-11-6-7-12-24(23)27(32-15-8-16-33-27)21-9-4-3-5-10-21;/h3-7,9-12,17H,8,13-16,18-19H2,1-2H3;1H. The maximum absolute atomic E-state index is 13.9. The molecule has 34 heavy (non-hydrogen) atoms. The van der Waals surface area contributed by atoms with Gasteiger partial charge in [0.15, 0.2) is 0 Å². The molecule has 1 aromatic heterocycles. The first kappa shape index (κ1) is 25.2. The highest BCUT2D eigenvalue weighted by atomic mass is 35.5. The van der Waals surface area contributed by atoms with E-state index in [4.69, 9.17) is 4.42 Å². The Morgan fingerprint density at radius 2 is 1.76 bits per heavy atom. The van der Waals surface area contributed by atoms with E-state index in [9.17, 15) is 4.79 Å².